The van der Waals surface area contributed by atoms with Gasteiger partial charge in [-0.15, -0.1) is 0 Å². The first kappa shape index (κ1) is 16.6. The highest BCUT2D eigenvalue weighted by atomic mass is 32.9. The van der Waals surface area contributed by atoms with Crippen LogP contribution in [-0.2, 0) is 10.3 Å². The number of carbonyl (C=O) groups is 1. The van der Waals surface area contributed by atoms with Gasteiger partial charge in [0.05, 0.1) is 16.1 Å². The summed E-state index contributed by atoms with van der Waals surface area (Å²) in [6.45, 7) is 5.10. The van der Waals surface area contributed by atoms with Gasteiger partial charge in [-0.25, -0.2) is 0 Å². The average Bonchev–Trinajstić information content (AvgIpc) is 2.81. The van der Waals surface area contributed by atoms with E-state index in [1.54, 1.807) is 32.0 Å². The smallest absolute Gasteiger partial charge is 0.293 e. The van der Waals surface area contributed by atoms with E-state index in [0.29, 0.717) is 14.3 Å². The summed E-state index contributed by atoms with van der Waals surface area (Å²) >= 11 is 5.38. The molecule has 0 spiro atoms. The van der Waals surface area contributed by atoms with Crippen LogP contribution in [0.4, 0.5) is 18.9 Å². The van der Waals surface area contributed by atoms with Gasteiger partial charge in [-0.2, -0.15) is 13.2 Å². The van der Waals surface area contributed by atoms with E-state index in [9.17, 15) is 18.0 Å². The fourth-order valence-corrected chi connectivity index (χ4v) is 6.11. The first-order chi connectivity index (χ1) is 10.5. The van der Waals surface area contributed by atoms with Crippen LogP contribution in [0, 0.1) is 10.7 Å². The maximum atomic E-state index is 13.1. The van der Waals surface area contributed by atoms with Crippen LogP contribution >= 0.6 is 32.9 Å². The number of anilines is 1. The molecule has 0 atom stereocenters. The van der Waals surface area contributed by atoms with Crippen molar-refractivity contribution in [3.05, 3.63) is 32.5 Å². The highest BCUT2D eigenvalue weighted by Crippen LogP contribution is 2.53. The summed E-state index contributed by atoms with van der Waals surface area (Å²) in [5, 5.41) is 0. The minimum absolute atomic E-state index is 0.257. The Kier molecular flexibility index (Phi) is 3.70. The van der Waals surface area contributed by atoms with E-state index in [1.165, 1.54) is 20.7 Å². The van der Waals surface area contributed by atoms with E-state index in [1.807, 2.05) is 6.92 Å². The molecule has 1 aliphatic heterocycles. The Balaban J connectivity index is 2.37. The first-order valence-corrected chi connectivity index (χ1v) is 9.27. The third-order valence-electron chi connectivity index (χ3n) is 3.85. The minimum Gasteiger partial charge on any atom is -0.293 e. The predicted molar refractivity (Wildman–Crippen MR) is 89.8 cm³/mol. The van der Waals surface area contributed by atoms with E-state index in [-0.39, 0.29) is 5.69 Å². The van der Waals surface area contributed by atoms with Gasteiger partial charge in [0.1, 0.15) is 3.82 Å². The van der Waals surface area contributed by atoms with Crippen LogP contribution in [0.3, 0.4) is 0 Å². The van der Waals surface area contributed by atoms with Gasteiger partial charge >= 0.3 is 12.1 Å². The van der Waals surface area contributed by atoms with Crippen LogP contribution in [0.5, 0.6) is 0 Å². The van der Waals surface area contributed by atoms with E-state index < -0.39 is 17.6 Å². The minimum atomic E-state index is -4.94. The van der Waals surface area contributed by atoms with Gasteiger partial charge in [-0.3, -0.25) is 9.69 Å². The highest BCUT2D eigenvalue weighted by molar-refractivity contribution is 7.80. The second kappa shape index (κ2) is 5.12. The molecular weight excluding hydrogens is 363 g/mol. The number of alkyl halides is 3. The molecule has 0 saturated heterocycles. The Morgan fingerprint density at radius 1 is 1.26 bits per heavy atom. The third kappa shape index (κ3) is 2.43. The molecule has 2 aromatic rings. The van der Waals surface area contributed by atoms with Crippen LogP contribution in [0.15, 0.2) is 18.2 Å². The van der Waals surface area contributed by atoms with E-state index in [2.05, 4.69) is 0 Å². The Morgan fingerprint density at radius 3 is 2.52 bits per heavy atom. The van der Waals surface area contributed by atoms with Crippen molar-refractivity contribution in [2.24, 2.45) is 0 Å². The molecular formula is C15H12F3NOS3. The number of hydrogen-bond acceptors (Lipinski definition) is 4. The summed E-state index contributed by atoms with van der Waals surface area (Å²) < 4.78 is 40.0. The summed E-state index contributed by atoms with van der Waals surface area (Å²) in [4.78, 5) is 13.6. The molecule has 1 aliphatic rings. The normalized spacial score (nSPS) is 16.0. The van der Waals surface area contributed by atoms with Crippen LogP contribution in [-0.4, -0.2) is 12.1 Å². The molecule has 0 saturated carbocycles. The second-order valence-corrected chi connectivity index (χ2v) is 8.69. The quantitative estimate of drug-likeness (QED) is 0.437. The van der Waals surface area contributed by atoms with Gasteiger partial charge < -0.3 is 0 Å². The van der Waals surface area contributed by atoms with Crippen molar-refractivity contribution >= 4 is 44.5 Å². The van der Waals surface area contributed by atoms with Gasteiger partial charge in [-0.05, 0) is 32.9 Å². The Hall–Kier alpha value is -1.25. The summed E-state index contributed by atoms with van der Waals surface area (Å²) in [7, 11) is 2.69. The van der Waals surface area contributed by atoms with E-state index in [0.717, 1.165) is 16.0 Å². The Bertz CT molecular complexity index is 864. The topological polar surface area (TPSA) is 20.3 Å². The number of carbonyl (C=O) groups excluding carboxylic acids is 1. The number of aryl methyl sites for hydroxylation is 1. The molecule has 122 valence electrons. The molecule has 0 radical (unpaired) electrons. The van der Waals surface area contributed by atoms with Crippen molar-refractivity contribution in [1.82, 2.24) is 0 Å². The molecule has 1 aromatic carbocycles. The molecule has 1 aromatic heterocycles. The van der Waals surface area contributed by atoms with Crippen molar-refractivity contribution in [3.63, 3.8) is 0 Å². The highest BCUT2D eigenvalue weighted by Gasteiger charge is 2.51. The maximum absolute atomic E-state index is 13.1. The number of hydrogen-bond donors (Lipinski definition) is 0. The van der Waals surface area contributed by atoms with Gasteiger partial charge in [0.15, 0.2) is 0 Å². The molecule has 0 unspecified atom stereocenters. The fraction of sp³-hybridized carbons (Fsp3) is 0.333. The third-order valence-corrected chi connectivity index (χ3v) is 7.18. The Morgan fingerprint density at radius 2 is 1.91 bits per heavy atom. The zero-order valence-corrected chi connectivity index (χ0v) is 14.9. The lowest BCUT2D eigenvalue weighted by molar-refractivity contribution is -0.171. The summed E-state index contributed by atoms with van der Waals surface area (Å²) in [5.74, 6) is -1.86. The fourth-order valence-electron chi connectivity index (χ4n) is 2.83. The molecule has 0 bridgehead atoms. The molecule has 0 aliphatic carbocycles. The molecule has 1 amide bonds. The van der Waals surface area contributed by atoms with Gasteiger partial charge in [0.2, 0.25) is 0 Å². The number of amides is 1. The first-order valence-electron chi connectivity index (χ1n) is 6.71. The lowest BCUT2D eigenvalue weighted by Crippen LogP contribution is -2.52. The van der Waals surface area contributed by atoms with Gasteiger partial charge in [0, 0.05) is 11.1 Å². The van der Waals surface area contributed by atoms with Gasteiger partial charge in [-0.1, -0.05) is 44.5 Å². The molecule has 0 N–H and O–H groups in total. The summed E-state index contributed by atoms with van der Waals surface area (Å²) in [5.41, 5.74) is 1.43. The van der Waals surface area contributed by atoms with Gasteiger partial charge in [0.25, 0.3) is 0 Å². The van der Waals surface area contributed by atoms with Crippen molar-refractivity contribution in [2.45, 2.75) is 32.5 Å². The van der Waals surface area contributed by atoms with Crippen LogP contribution in [0.1, 0.15) is 24.3 Å². The van der Waals surface area contributed by atoms with Crippen LogP contribution in [0.25, 0.3) is 11.1 Å². The summed E-state index contributed by atoms with van der Waals surface area (Å²) in [6, 6.07) is 5.06. The van der Waals surface area contributed by atoms with E-state index >= 15 is 0 Å². The van der Waals surface area contributed by atoms with Crippen molar-refractivity contribution < 1.29 is 18.0 Å². The van der Waals surface area contributed by atoms with Crippen molar-refractivity contribution in [3.8, 4) is 11.1 Å². The van der Waals surface area contributed by atoms with Crippen LogP contribution in [0.2, 0.25) is 0 Å². The van der Waals surface area contributed by atoms with Crippen LogP contribution < -0.4 is 4.90 Å². The molecule has 0 fully saturated rings. The summed E-state index contributed by atoms with van der Waals surface area (Å²) in [6.07, 6.45) is -4.94. The molecule has 3 rings (SSSR count). The SMILES string of the molecule is Cc1ccc2c(c1)-c1c(ssc1=S)C(C)(C)N2C(=O)C(F)(F)F. The molecule has 2 nitrogen and oxygen atoms in total. The zero-order valence-electron chi connectivity index (χ0n) is 12.4. The number of fused-ring (bicyclic) bond motifs is 3. The molecule has 23 heavy (non-hydrogen) atoms. The monoisotopic (exact) mass is 375 g/mol. The number of nitrogens with zero attached hydrogens (tertiary/aromatic N) is 1. The molecule has 8 heteroatoms. The van der Waals surface area contributed by atoms with Crippen molar-refractivity contribution in [2.75, 3.05) is 4.90 Å². The Labute approximate surface area is 143 Å². The average molecular weight is 375 g/mol. The lowest BCUT2D eigenvalue weighted by Gasteiger charge is -2.43. The second-order valence-electron chi connectivity index (χ2n) is 5.88. The number of rotatable bonds is 0. The largest absolute Gasteiger partial charge is 0.471 e. The predicted octanol–water partition coefficient (Wildman–Crippen LogP) is 5.66. The standard InChI is InChI=1S/C15H12F3NOS3/c1-7-4-5-9-8(6-7)10-11(22-23-12(10)21)14(2,3)19(9)13(20)15(16,17)18/h4-6H,1-3H3. The van der Waals surface area contributed by atoms with Crippen molar-refractivity contribution in [1.29, 1.82) is 0 Å². The maximum Gasteiger partial charge on any atom is 0.471 e. The number of halogens is 3. The zero-order chi connectivity index (χ0) is 17.2. The number of benzene rings is 1. The lowest BCUT2D eigenvalue weighted by atomic mass is 9.86. The van der Waals surface area contributed by atoms with E-state index in [4.69, 9.17) is 12.2 Å². The molecule has 2 heterocycles.